The molecule has 0 amide bonds. The third kappa shape index (κ3) is 3.33. The summed E-state index contributed by atoms with van der Waals surface area (Å²) in [5.41, 5.74) is 0.318. The van der Waals surface area contributed by atoms with Crippen LogP contribution in [0.4, 0.5) is 5.69 Å². The lowest BCUT2D eigenvalue weighted by Crippen LogP contribution is -2.41. The Bertz CT molecular complexity index is 986. The van der Waals surface area contributed by atoms with Crippen LogP contribution in [0.2, 0.25) is 5.02 Å². The van der Waals surface area contributed by atoms with Crippen molar-refractivity contribution in [1.29, 1.82) is 0 Å². The van der Waals surface area contributed by atoms with Gasteiger partial charge in [0, 0.05) is 10.4 Å². The van der Waals surface area contributed by atoms with E-state index in [1.165, 1.54) is 24.3 Å². The summed E-state index contributed by atoms with van der Waals surface area (Å²) in [6, 6.07) is 13.4. The highest BCUT2D eigenvalue weighted by Gasteiger charge is 2.35. The van der Waals surface area contributed by atoms with Crippen LogP contribution in [0.1, 0.15) is 0 Å². The van der Waals surface area contributed by atoms with Gasteiger partial charge in [0.2, 0.25) is 0 Å². The van der Waals surface area contributed by atoms with Gasteiger partial charge in [-0.1, -0.05) is 35.9 Å². The van der Waals surface area contributed by atoms with Crippen LogP contribution >= 0.6 is 11.6 Å². The van der Waals surface area contributed by atoms with Crippen LogP contribution in [0, 0.1) is 0 Å². The Morgan fingerprint density at radius 2 is 1.75 bits per heavy atom. The van der Waals surface area contributed by atoms with Crippen molar-refractivity contribution >= 4 is 37.1 Å². The minimum absolute atomic E-state index is 0.0858. The van der Waals surface area contributed by atoms with Crippen molar-refractivity contribution in [2.45, 2.75) is 10.9 Å². The van der Waals surface area contributed by atoms with E-state index in [0.717, 1.165) is 9.71 Å². The van der Waals surface area contributed by atoms with Gasteiger partial charge >= 0.3 is 0 Å². The standard InChI is InChI=1S/C16H14ClNO4S2/c17-13-5-4-6-14(11-13)18(15-9-10-23(19,20)12-15)24(21,22)16-7-2-1-3-8-16/h1-11,15H,12H2. The Kier molecular flexibility index (Phi) is 4.42. The summed E-state index contributed by atoms with van der Waals surface area (Å²) in [6.45, 7) is 0. The molecule has 5 nitrogen and oxygen atoms in total. The highest BCUT2D eigenvalue weighted by molar-refractivity contribution is 7.95. The zero-order chi connectivity index (χ0) is 17.4. The second kappa shape index (κ2) is 6.23. The van der Waals surface area contributed by atoms with Gasteiger partial charge in [-0.25, -0.2) is 16.8 Å². The molecule has 0 aromatic heterocycles. The van der Waals surface area contributed by atoms with Gasteiger partial charge in [-0.3, -0.25) is 4.31 Å². The molecule has 0 fully saturated rings. The number of hydrogen-bond donors (Lipinski definition) is 0. The Balaban J connectivity index is 2.15. The monoisotopic (exact) mass is 383 g/mol. The smallest absolute Gasteiger partial charge is 0.258 e. The fourth-order valence-corrected chi connectivity index (χ4v) is 5.70. The maximum absolute atomic E-state index is 13.1. The Morgan fingerprint density at radius 1 is 1.04 bits per heavy atom. The fourth-order valence-electron chi connectivity index (χ4n) is 2.53. The maximum atomic E-state index is 13.1. The predicted molar refractivity (Wildman–Crippen MR) is 94.3 cm³/mol. The van der Waals surface area contributed by atoms with Crippen LogP contribution < -0.4 is 4.31 Å². The molecule has 0 N–H and O–H groups in total. The fraction of sp³-hybridized carbons (Fsp3) is 0.125. The van der Waals surface area contributed by atoms with Crippen LogP contribution in [0.5, 0.6) is 0 Å². The highest BCUT2D eigenvalue weighted by atomic mass is 35.5. The number of rotatable bonds is 4. The van der Waals surface area contributed by atoms with Crippen LogP contribution in [0.15, 0.2) is 71.0 Å². The molecule has 0 aliphatic carbocycles. The van der Waals surface area contributed by atoms with E-state index >= 15 is 0 Å². The van der Waals surface area contributed by atoms with Gasteiger partial charge in [0.1, 0.15) is 0 Å². The van der Waals surface area contributed by atoms with Crippen molar-refractivity contribution in [1.82, 2.24) is 0 Å². The lowest BCUT2D eigenvalue weighted by atomic mass is 10.2. The molecule has 0 radical (unpaired) electrons. The molecule has 1 aliphatic rings. The van der Waals surface area contributed by atoms with E-state index in [4.69, 9.17) is 11.6 Å². The number of sulfonamides is 1. The first-order valence-electron chi connectivity index (χ1n) is 7.06. The van der Waals surface area contributed by atoms with Gasteiger partial charge < -0.3 is 0 Å². The van der Waals surface area contributed by atoms with E-state index in [1.807, 2.05) is 0 Å². The Labute approximate surface area is 146 Å². The lowest BCUT2D eigenvalue weighted by Gasteiger charge is -2.29. The van der Waals surface area contributed by atoms with Gasteiger partial charge in [0.15, 0.2) is 9.84 Å². The average molecular weight is 384 g/mol. The van der Waals surface area contributed by atoms with E-state index in [1.54, 1.807) is 36.4 Å². The largest absolute Gasteiger partial charge is 0.264 e. The average Bonchev–Trinajstić information content (AvgIpc) is 2.88. The number of halogens is 1. The van der Waals surface area contributed by atoms with E-state index in [-0.39, 0.29) is 10.6 Å². The van der Waals surface area contributed by atoms with Crippen molar-refractivity contribution in [3.63, 3.8) is 0 Å². The van der Waals surface area contributed by atoms with Crippen molar-refractivity contribution < 1.29 is 16.8 Å². The first-order valence-corrected chi connectivity index (χ1v) is 10.6. The molecule has 1 heterocycles. The van der Waals surface area contributed by atoms with Gasteiger partial charge in [-0.05, 0) is 36.4 Å². The minimum Gasteiger partial charge on any atom is -0.258 e. The van der Waals surface area contributed by atoms with Gasteiger partial charge in [-0.2, -0.15) is 0 Å². The molecule has 0 spiro atoms. The molecule has 2 aromatic carbocycles. The molecule has 0 bridgehead atoms. The third-order valence-corrected chi connectivity index (χ3v) is 7.06. The third-order valence-electron chi connectivity index (χ3n) is 3.58. The molecular weight excluding hydrogens is 370 g/mol. The minimum atomic E-state index is -3.95. The lowest BCUT2D eigenvalue weighted by molar-refractivity contribution is 0.586. The SMILES string of the molecule is O=S1(=O)C=CC(N(c2cccc(Cl)c2)S(=O)(=O)c2ccccc2)C1. The first kappa shape index (κ1) is 17.0. The van der Waals surface area contributed by atoms with Gasteiger partial charge in [0.05, 0.1) is 22.4 Å². The van der Waals surface area contributed by atoms with Crippen molar-refractivity contribution in [2.24, 2.45) is 0 Å². The van der Waals surface area contributed by atoms with Crippen LogP contribution in [-0.4, -0.2) is 28.6 Å². The second-order valence-corrected chi connectivity index (χ2v) is 9.50. The van der Waals surface area contributed by atoms with Crippen molar-refractivity contribution in [3.05, 3.63) is 71.1 Å². The summed E-state index contributed by atoms with van der Waals surface area (Å²) in [5.74, 6) is -0.300. The topological polar surface area (TPSA) is 71.5 Å². The molecule has 2 aromatic rings. The summed E-state index contributed by atoms with van der Waals surface area (Å²) in [6.07, 6.45) is 1.39. The number of anilines is 1. The summed E-state index contributed by atoms with van der Waals surface area (Å²) in [5, 5.41) is 1.42. The van der Waals surface area contributed by atoms with Crippen LogP contribution in [0.25, 0.3) is 0 Å². The number of hydrogen-bond acceptors (Lipinski definition) is 4. The quantitative estimate of drug-likeness (QED) is 0.813. The molecular formula is C16H14ClNO4S2. The zero-order valence-electron chi connectivity index (χ0n) is 12.4. The number of nitrogens with zero attached hydrogens (tertiary/aromatic N) is 1. The Morgan fingerprint density at radius 3 is 2.33 bits per heavy atom. The van der Waals surface area contributed by atoms with E-state index < -0.39 is 25.9 Å². The molecule has 1 unspecified atom stereocenters. The number of benzene rings is 2. The van der Waals surface area contributed by atoms with E-state index in [0.29, 0.717) is 10.7 Å². The maximum Gasteiger partial charge on any atom is 0.264 e. The first-order chi connectivity index (χ1) is 11.3. The van der Waals surface area contributed by atoms with Crippen LogP contribution in [-0.2, 0) is 19.9 Å². The summed E-state index contributed by atoms with van der Waals surface area (Å²) in [7, 11) is -7.37. The summed E-state index contributed by atoms with van der Waals surface area (Å²) >= 11 is 5.99. The molecule has 3 rings (SSSR count). The molecule has 1 aliphatic heterocycles. The van der Waals surface area contributed by atoms with E-state index in [2.05, 4.69) is 0 Å². The molecule has 126 valence electrons. The summed E-state index contributed by atoms with van der Waals surface area (Å²) < 4.78 is 50.8. The molecule has 0 saturated heterocycles. The van der Waals surface area contributed by atoms with Crippen molar-refractivity contribution in [2.75, 3.05) is 10.1 Å². The molecule has 8 heteroatoms. The number of sulfone groups is 1. The predicted octanol–water partition coefficient (Wildman–Crippen LogP) is 2.85. The highest BCUT2D eigenvalue weighted by Crippen LogP contribution is 2.31. The second-order valence-electron chi connectivity index (χ2n) is 5.32. The molecule has 0 saturated carbocycles. The van der Waals surface area contributed by atoms with Gasteiger partial charge in [-0.15, -0.1) is 0 Å². The normalized spacial score (nSPS) is 19.3. The Hall–Kier alpha value is -1.83. The van der Waals surface area contributed by atoms with Crippen LogP contribution in [0.3, 0.4) is 0 Å². The summed E-state index contributed by atoms with van der Waals surface area (Å²) in [4.78, 5) is 0.0858. The van der Waals surface area contributed by atoms with Crippen molar-refractivity contribution in [3.8, 4) is 0 Å². The molecule has 1 atom stereocenters. The van der Waals surface area contributed by atoms with E-state index in [9.17, 15) is 16.8 Å². The van der Waals surface area contributed by atoms with Gasteiger partial charge in [0.25, 0.3) is 10.0 Å². The zero-order valence-corrected chi connectivity index (χ0v) is 14.8. The molecule has 24 heavy (non-hydrogen) atoms.